The van der Waals surface area contributed by atoms with Crippen LogP contribution in [0.5, 0.6) is 0 Å². The maximum Gasteiger partial charge on any atom is 0.315 e. The molecule has 0 atom stereocenters. The van der Waals surface area contributed by atoms with Gasteiger partial charge < -0.3 is 20.9 Å². The van der Waals surface area contributed by atoms with Gasteiger partial charge in [-0.1, -0.05) is 30.9 Å². The van der Waals surface area contributed by atoms with Crippen LogP contribution in [0.1, 0.15) is 56.9 Å². The molecule has 1 saturated carbocycles. The molecule has 1 aromatic rings. The van der Waals surface area contributed by atoms with E-state index in [0.717, 1.165) is 38.8 Å². The zero-order valence-electron chi connectivity index (χ0n) is 17.3. The van der Waals surface area contributed by atoms with Crippen molar-refractivity contribution < 1.29 is 9.59 Å². The summed E-state index contributed by atoms with van der Waals surface area (Å²) in [4.78, 5) is 26.7. The number of rotatable bonds is 6. The highest BCUT2D eigenvalue weighted by molar-refractivity contribution is 6.32. The fourth-order valence-corrected chi connectivity index (χ4v) is 4.35. The highest BCUT2D eigenvalue weighted by atomic mass is 35.5. The topological polar surface area (TPSA) is 97.3 Å². The highest BCUT2D eigenvalue weighted by Gasteiger charge is 2.22. The average Bonchev–Trinajstić information content (AvgIpc) is 2.74. The lowest BCUT2D eigenvalue weighted by molar-refractivity contribution is -0.116. The van der Waals surface area contributed by atoms with Crippen LogP contribution in [0, 0.1) is 11.3 Å². The summed E-state index contributed by atoms with van der Waals surface area (Å²) in [7, 11) is 0. The second kappa shape index (κ2) is 11.2. The fraction of sp³-hybridized carbons (Fsp3) is 0.591. The largest absolute Gasteiger partial charge is 0.335 e. The Bertz CT molecular complexity index is 780. The number of halogens is 1. The molecule has 1 aromatic carbocycles. The summed E-state index contributed by atoms with van der Waals surface area (Å²) >= 11 is 6.00. The number of carbonyl (C=O) groups is 2. The molecular formula is C22H30ClN5O2. The Morgan fingerprint density at radius 2 is 1.73 bits per heavy atom. The zero-order chi connectivity index (χ0) is 21.3. The lowest BCUT2D eigenvalue weighted by Crippen LogP contribution is -2.50. The van der Waals surface area contributed by atoms with Crippen LogP contribution in [0.2, 0.25) is 5.02 Å². The summed E-state index contributed by atoms with van der Waals surface area (Å²) in [6.07, 6.45) is 8.03. The average molecular weight is 432 g/mol. The van der Waals surface area contributed by atoms with E-state index < -0.39 is 0 Å². The van der Waals surface area contributed by atoms with Crippen LogP contribution in [0.3, 0.4) is 0 Å². The predicted molar refractivity (Wildman–Crippen MR) is 117 cm³/mol. The van der Waals surface area contributed by atoms with E-state index in [1.165, 1.54) is 19.3 Å². The molecule has 30 heavy (non-hydrogen) atoms. The number of carbonyl (C=O) groups excluding carboxylic acids is 2. The van der Waals surface area contributed by atoms with E-state index >= 15 is 0 Å². The van der Waals surface area contributed by atoms with E-state index in [4.69, 9.17) is 16.9 Å². The first kappa shape index (κ1) is 22.4. The molecule has 2 fully saturated rings. The number of nitriles is 1. The van der Waals surface area contributed by atoms with E-state index in [1.807, 2.05) is 6.07 Å². The van der Waals surface area contributed by atoms with Crippen molar-refractivity contribution >= 4 is 29.2 Å². The van der Waals surface area contributed by atoms with Gasteiger partial charge in [-0.15, -0.1) is 0 Å². The summed E-state index contributed by atoms with van der Waals surface area (Å²) in [5, 5.41) is 18.3. The van der Waals surface area contributed by atoms with Crippen molar-refractivity contribution in [2.75, 3.05) is 25.0 Å². The molecule has 1 saturated heterocycles. The molecule has 1 aliphatic heterocycles. The first-order chi connectivity index (χ1) is 14.5. The Kier molecular flexibility index (Phi) is 8.35. The van der Waals surface area contributed by atoms with Crippen molar-refractivity contribution in [3.63, 3.8) is 0 Å². The molecule has 2 aliphatic rings. The lowest BCUT2D eigenvalue weighted by atomic mass is 9.96. The summed E-state index contributed by atoms with van der Waals surface area (Å²) in [5.41, 5.74) is 0.981. The maximum atomic E-state index is 12.2. The van der Waals surface area contributed by atoms with Gasteiger partial charge in [-0.2, -0.15) is 5.26 Å². The van der Waals surface area contributed by atoms with E-state index in [2.05, 4.69) is 20.9 Å². The van der Waals surface area contributed by atoms with Crippen LogP contribution in [0.15, 0.2) is 18.2 Å². The Balaban J connectivity index is 1.32. The molecule has 3 amide bonds. The molecule has 3 rings (SSSR count). The first-order valence-electron chi connectivity index (χ1n) is 10.8. The van der Waals surface area contributed by atoms with E-state index in [1.54, 1.807) is 18.2 Å². The Hall–Kier alpha value is -2.30. The van der Waals surface area contributed by atoms with Gasteiger partial charge in [-0.05, 0) is 43.9 Å². The van der Waals surface area contributed by atoms with E-state index in [9.17, 15) is 9.59 Å². The third kappa shape index (κ3) is 6.89. The van der Waals surface area contributed by atoms with Crippen molar-refractivity contribution in [3.05, 3.63) is 28.8 Å². The quantitative estimate of drug-likeness (QED) is 0.640. The minimum atomic E-state index is -0.0807. The third-order valence-corrected chi connectivity index (χ3v) is 6.20. The van der Waals surface area contributed by atoms with Crippen molar-refractivity contribution in [2.45, 2.75) is 63.5 Å². The highest BCUT2D eigenvalue weighted by Crippen LogP contribution is 2.20. The SMILES string of the molecule is N#Cc1ccc(NC(=O)CCN2CCC(NC(=O)NC3CCCCC3)CC2)cc1Cl. The van der Waals surface area contributed by atoms with Gasteiger partial charge in [0.05, 0.1) is 10.6 Å². The second-order valence-corrected chi connectivity index (χ2v) is 8.58. The maximum absolute atomic E-state index is 12.2. The molecule has 0 unspecified atom stereocenters. The number of benzene rings is 1. The zero-order valence-corrected chi connectivity index (χ0v) is 18.0. The molecule has 0 bridgehead atoms. The number of amides is 3. The number of nitrogens with one attached hydrogen (secondary N) is 3. The molecule has 0 spiro atoms. The molecule has 3 N–H and O–H groups in total. The molecule has 0 aromatic heterocycles. The fourth-order valence-electron chi connectivity index (χ4n) is 4.13. The second-order valence-electron chi connectivity index (χ2n) is 8.17. The Labute approximate surface area is 183 Å². The third-order valence-electron chi connectivity index (χ3n) is 5.89. The first-order valence-corrected chi connectivity index (χ1v) is 11.2. The van der Waals surface area contributed by atoms with Gasteiger partial charge in [0.25, 0.3) is 0 Å². The molecule has 162 valence electrons. The van der Waals surface area contributed by atoms with Crippen LogP contribution in [-0.4, -0.2) is 48.6 Å². The number of piperidine rings is 1. The molecular weight excluding hydrogens is 402 g/mol. The normalized spacial score (nSPS) is 18.4. The number of urea groups is 1. The Morgan fingerprint density at radius 1 is 1.07 bits per heavy atom. The van der Waals surface area contributed by atoms with Gasteiger partial charge in [0.15, 0.2) is 0 Å². The van der Waals surface area contributed by atoms with E-state index in [-0.39, 0.29) is 18.0 Å². The monoisotopic (exact) mass is 431 g/mol. The molecule has 0 radical (unpaired) electrons. The lowest BCUT2D eigenvalue weighted by Gasteiger charge is -2.32. The number of nitrogens with zero attached hydrogens (tertiary/aromatic N) is 2. The van der Waals surface area contributed by atoms with Gasteiger partial charge in [-0.3, -0.25) is 4.79 Å². The van der Waals surface area contributed by atoms with Gasteiger partial charge in [-0.25, -0.2) is 4.79 Å². The summed E-state index contributed by atoms with van der Waals surface area (Å²) < 4.78 is 0. The summed E-state index contributed by atoms with van der Waals surface area (Å²) in [6, 6.07) is 7.34. The van der Waals surface area contributed by atoms with Gasteiger partial charge in [0, 0.05) is 43.8 Å². The standard InChI is InChI=1S/C22H30ClN5O2/c23-20-14-19(7-6-16(20)15-24)25-21(29)10-13-28-11-8-18(9-12-28)27-22(30)26-17-4-2-1-3-5-17/h6-7,14,17-18H,1-5,8-13H2,(H,25,29)(H2,26,27,30). The van der Waals surface area contributed by atoms with Crippen LogP contribution in [0.25, 0.3) is 0 Å². The van der Waals surface area contributed by atoms with Gasteiger partial charge in [0.2, 0.25) is 5.91 Å². The molecule has 8 heteroatoms. The Morgan fingerprint density at radius 3 is 2.37 bits per heavy atom. The number of hydrogen-bond acceptors (Lipinski definition) is 4. The number of hydrogen-bond donors (Lipinski definition) is 3. The summed E-state index contributed by atoms with van der Waals surface area (Å²) in [5.74, 6) is -0.0807. The van der Waals surface area contributed by atoms with Crippen LogP contribution >= 0.6 is 11.6 Å². The van der Waals surface area contributed by atoms with Gasteiger partial charge in [0.1, 0.15) is 6.07 Å². The minimum absolute atomic E-state index is 0.0409. The predicted octanol–water partition coefficient (Wildman–Crippen LogP) is 3.64. The van der Waals surface area contributed by atoms with Crippen LogP contribution in [-0.2, 0) is 4.79 Å². The number of anilines is 1. The van der Waals surface area contributed by atoms with Crippen molar-refractivity contribution in [2.24, 2.45) is 0 Å². The van der Waals surface area contributed by atoms with Crippen molar-refractivity contribution in [1.29, 1.82) is 5.26 Å². The molecule has 1 heterocycles. The summed E-state index contributed by atoms with van der Waals surface area (Å²) in [6.45, 7) is 2.41. The van der Waals surface area contributed by atoms with E-state index in [0.29, 0.717) is 35.3 Å². The van der Waals surface area contributed by atoms with Crippen LogP contribution in [0.4, 0.5) is 10.5 Å². The van der Waals surface area contributed by atoms with Gasteiger partial charge >= 0.3 is 6.03 Å². The van der Waals surface area contributed by atoms with Crippen LogP contribution < -0.4 is 16.0 Å². The number of likely N-dealkylation sites (tertiary alicyclic amines) is 1. The van der Waals surface area contributed by atoms with Crippen molar-refractivity contribution in [1.82, 2.24) is 15.5 Å². The van der Waals surface area contributed by atoms with Crippen molar-refractivity contribution in [3.8, 4) is 6.07 Å². The smallest absolute Gasteiger partial charge is 0.315 e. The minimum Gasteiger partial charge on any atom is -0.335 e. The molecule has 7 nitrogen and oxygen atoms in total. The molecule has 1 aliphatic carbocycles.